The second-order valence-electron chi connectivity index (χ2n) is 10.2. The number of carbonyl (C=O) groups excluding carboxylic acids is 1. The van der Waals surface area contributed by atoms with Crippen molar-refractivity contribution in [2.24, 2.45) is 0 Å². The number of benzene rings is 4. The number of fused-ring (bicyclic) bond motifs is 1. The van der Waals surface area contributed by atoms with Crippen molar-refractivity contribution in [2.75, 3.05) is 19.0 Å². The first-order chi connectivity index (χ1) is 21.3. The SMILES string of the molecule is CC(=O)[O-].CN(c1ccccc1)c1ccc(C(=C2C=CC(=[N+](C)c3ccccc3)C=C2)c2coc3ccccc3c2=O)cc1. The Morgan fingerprint density at radius 2 is 1.30 bits per heavy atom. The zero-order valence-corrected chi connectivity index (χ0v) is 24.8. The fourth-order valence-electron chi connectivity index (χ4n) is 5.03. The maximum absolute atomic E-state index is 13.7. The van der Waals surface area contributed by atoms with Gasteiger partial charge in [0.15, 0.2) is 0 Å². The van der Waals surface area contributed by atoms with Crippen LogP contribution in [0.5, 0.6) is 0 Å². The Bertz CT molecular complexity index is 1950. The maximum atomic E-state index is 13.7. The summed E-state index contributed by atoms with van der Waals surface area (Å²) in [7, 11) is 4.10. The standard InChI is InChI=1S/C36H29N2O2.C2H4O2/c1-37(28-11-5-3-6-12-28)30-21-17-26(18-22-30)35(33-25-40-34-16-10-9-15-32(34)36(33)39)27-19-23-31(24-20-27)38(2)29-13-7-4-8-14-29;1-2(3)4/h3-25H,1-2H3;1H3,(H,3,4)/q+1;/p-1. The minimum atomic E-state index is -1.08. The molecule has 0 N–H and O–H groups in total. The smallest absolute Gasteiger partial charge is 0.205 e. The highest BCUT2D eigenvalue weighted by molar-refractivity contribution is 6.04. The molecule has 0 fully saturated rings. The van der Waals surface area contributed by atoms with E-state index in [4.69, 9.17) is 14.3 Å². The van der Waals surface area contributed by atoms with Crippen LogP contribution in [0, 0.1) is 0 Å². The zero-order chi connectivity index (χ0) is 31.1. The van der Waals surface area contributed by atoms with Gasteiger partial charge in [0.1, 0.15) is 18.9 Å². The van der Waals surface area contributed by atoms with Gasteiger partial charge < -0.3 is 19.2 Å². The molecule has 0 saturated carbocycles. The summed E-state index contributed by atoms with van der Waals surface area (Å²) in [4.78, 5) is 24.8. The molecule has 0 spiro atoms. The number of carbonyl (C=O) groups is 1. The molecule has 0 bridgehead atoms. The largest absolute Gasteiger partial charge is 0.550 e. The molecule has 0 radical (unpaired) electrons. The molecule has 0 amide bonds. The van der Waals surface area contributed by atoms with Crippen LogP contribution in [0.25, 0.3) is 16.5 Å². The van der Waals surface area contributed by atoms with E-state index in [2.05, 4.69) is 96.4 Å². The molecule has 1 aliphatic rings. The van der Waals surface area contributed by atoms with Crippen molar-refractivity contribution in [3.63, 3.8) is 0 Å². The first-order valence-corrected chi connectivity index (χ1v) is 14.2. The number of carboxylic acids is 1. The highest BCUT2D eigenvalue weighted by Gasteiger charge is 2.19. The van der Waals surface area contributed by atoms with Crippen molar-refractivity contribution < 1.29 is 18.9 Å². The first kappa shape index (κ1) is 29.7. The predicted molar refractivity (Wildman–Crippen MR) is 176 cm³/mol. The van der Waals surface area contributed by atoms with E-state index >= 15 is 0 Å². The van der Waals surface area contributed by atoms with Gasteiger partial charge in [-0.1, -0.05) is 60.7 Å². The van der Waals surface area contributed by atoms with Crippen LogP contribution in [0.4, 0.5) is 17.1 Å². The Morgan fingerprint density at radius 3 is 1.93 bits per heavy atom. The van der Waals surface area contributed by atoms with Crippen molar-refractivity contribution >= 4 is 45.3 Å². The van der Waals surface area contributed by atoms with Crippen LogP contribution < -0.4 is 15.4 Å². The number of aliphatic carboxylic acids is 1. The number of carboxylic acid groups (broad SMARTS) is 1. The fourth-order valence-corrected chi connectivity index (χ4v) is 5.03. The minimum absolute atomic E-state index is 0.0483. The third-order valence-electron chi connectivity index (χ3n) is 7.32. The number of para-hydroxylation sites is 3. The van der Waals surface area contributed by atoms with Gasteiger partial charge in [-0.3, -0.25) is 4.79 Å². The van der Waals surface area contributed by atoms with Gasteiger partial charge in [0.25, 0.3) is 0 Å². The summed E-state index contributed by atoms with van der Waals surface area (Å²) in [5.74, 6) is -1.08. The van der Waals surface area contributed by atoms with Crippen molar-refractivity contribution in [2.45, 2.75) is 6.92 Å². The second-order valence-corrected chi connectivity index (χ2v) is 10.2. The average Bonchev–Trinajstić information content (AvgIpc) is 3.06. The molecule has 1 aromatic heterocycles. The summed E-state index contributed by atoms with van der Waals surface area (Å²) < 4.78 is 8.09. The van der Waals surface area contributed by atoms with E-state index < -0.39 is 5.97 Å². The molecule has 6 nitrogen and oxygen atoms in total. The molecular weight excluding hydrogens is 548 g/mol. The van der Waals surface area contributed by atoms with Crippen LogP contribution in [0.3, 0.4) is 0 Å². The molecule has 0 aliphatic heterocycles. The van der Waals surface area contributed by atoms with E-state index in [0.717, 1.165) is 46.4 Å². The summed E-state index contributed by atoms with van der Waals surface area (Å²) in [6.07, 6.45) is 9.91. The Hall–Kier alpha value is -5.75. The molecule has 6 rings (SSSR count). The monoisotopic (exact) mass is 580 g/mol. The van der Waals surface area contributed by atoms with Crippen LogP contribution in [-0.2, 0) is 4.79 Å². The lowest BCUT2D eigenvalue weighted by molar-refractivity contribution is -0.403. The van der Waals surface area contributed by atoms with Crippen LogP contribution in [-0.4, -0.2) is 30.4 Å². The van der Waals surface area contributed by atoms with Crippen molar-refractivity contribution in [3.05, 3.63) is 167 Å². The number of nitrogens with zero attached hydrogens (tertiary/aromatic N) is 2. The highest BCUT2D eigenvalue weighted by atomic mass is 16.4. The van der Waals surface area contributed by atoms with Crippen LogP contribution in [0.2, 0.25) is 0 Å². The van der Waals surface area contributed by atoms with Crippen LogP contribution in [0.1, 0.15) is 18.1 Å². The molecule has 0 saturated heterocycles. The molecule has 44 heavy (non-hydrogen) atoms. The van der Waals surface area contributed by atoms with Gasteiger partial charge in [-0.2, -0.15) is 4.58 Å². The van der Waals surface area contributed by atoms with Gasteiger partial charge in [0.05, 0.1) is 10.9 Å². The van der Waals surface area contributed by atoms with Gasteiger partial charge >= 0.3 is 0 Å². The van der Waals surface area contributed by atoms with Crippen molar-refractivity contribution in [1.29, 1.82) is 0 Å². The number of anilines is 2. The van der Waals surface area contributed by atoms with Gasteiger partial charge in [0.2, 0.25) is 16.8 Å². The second kappa shape index (κ2) is 13.5. The third-order valence-corrected chi connectivity index (χ3v) is 7.32. The minimum Gasteiger partial charge on any atom is -0.550 e. The molecule has 5 aromatic rings. The number of hydrogen-bond acceptors (Lipinski definition) is 5. The van der Waals surface area contributed by atoms with E-state index in [1.807, 2.05) is 60.7 Å². The van der Waals surface area contributed by atoms with E-state index in [9.17, 15) is 4.79 Å². The number of hydrogen-bond donors (Lipinski definition) is 0. The summed E-state index contributed by atoms with van der Waals surface area (Å²) in [5, 5.41) is 9.46. The molecule has 1 heterocycles. The molecule has 4 aromatic carbocycles. The predicted octanol–water partition coefficient (Wildman–Crippen LogP) is 6.66. The Labute approximate surface area is 256 Å². The van der Waals surface area contributed by atoms with E-state index in [0.29, 0.717) is 16.5 Å². The molecule has 6 heteroatoms. The van der Waals surface area contributed by atoms with Crippen LogP contribution >= 0.6 is 0 Å². The molecule has 0 unspecified atom stereocenters. The first-order valence-electron chi connectivity index (χ1n) is 14.2. The summed E-state index contributed by atoms with van der Waals surface area (Å²) in [6, 6.07) is 36.2. The number of allylic oxidation sites excluding steroid dienone is 5. The molecule has 218 valence electrons. The lowest BCUT2D eigenvalue weighted by Gasteiger charge is -2.20. The lowest BCUT2D eigenvalue weighted by atomic mass is 9.91. The Kier molecular flexibility index (Phi) is 9.11. The van der Waals surface area contributed by atoms with E-state index in [1.54, 1.807) is 6.26 Å². The lowest BCUT2D eigenvalue weighted by Crippen LogP contribution is -2.16. The molecule has 1 aliphatic carbocycles. The van der Waals surface area contributed by atoms with Gasteiger partial charge in [-0.05, 0) is 66.6 Å². The fraction of sp³-hybridized carbons (Fsp3) is 0.0789. The van der Waals surface area contributed by atoms with Gasteiger partial charge in [-0.25, -0.2) is 0 Å². The van der Waals surface area contributed by atoms with Crippen molar-refractivity contribution in [3.8, 4) is 0 Å². The summed E-state index contributed by atoms with van der Waals surface area (Å²) in [5.41, 5.74) is 8.10. The summed E-state index contributed by atoms with van der Waals surface area (Å²) >= 11 is 0. The summed E-state index contributed by atoms with van der Waals surface area (Å²) in [6.45, 7) is 0.972. The van der Waals surface area contributed by atoms with Gasteiger partial charge in [-0.15, -0.1) is 0 Å². The topological polar surface area (TPSA) is 76.6 Å². The average molecular weight is 581 g/mol. The van der Waals surface area contributed by atoms with Crippen LogP contribution in [0.15, 0.2) is 155 Å². The third kappa shape index (κ3) is 6.66. The van der Waals surface area contributed by atoms with E-state index in [-0.39, 0.29) is 5.43 Å². The van der Waals surface area contributed by atoms with Crippen molar-refractivity contribution in [1.82, 2.24) is 0 Å². The Balaban J connectivity index is 0.000000906. The quantitative estimate of drug-likeness (QED) is 0.217. The maximum Gasteiger partial charge on any atom is 0.205 e. The Morgan fingerprint density at radius 1 is 0.750 bits per heavy atom. The zero-order valence-electron chi connectivity index (χ0n) is 24.8. The molecular formula is C38H32N2O4. The van der Waals surface area contributed by atoms with Gasteiger partial charge in [0, 0.05) is 54.2 Å². The normalized spacial score (nSPS) is 12.0. The number of rotatable bonds is 5. The van der Waals surface area contributed by atoms with E-state index in [1.165, 1.54) is 0 Å². The molecule has 0 atom stereocenters. The highest BCUT2D eigenvalue weighted by Crippen LogP contribution is 2.32.